The SMILES string of the molecule is CNC(=O)C(C)Sc1ccc(N)cc1Br. The van der Waals surface area contributed by atoms with Crippen molar-refractivity contribution in [3.05, 3.63) is 22.7 Å². The second-order valence-electron chi connectivity index (χ2n) is 3.06. The molecule has 0 heterocycles. The quantitative estimate of drug-likeness (QED) is 0.663. The minimum absolute atomic E-state index is 0.0173. The monoisotopic (exact) mass is 288 g/mol. The van der Waals surface area contributed by atoms with E-state index in [0.717, 1.165) is 9.37 Å². The fraction of sp³-hybridized carbons (Fsp3) is 0.300. The number of nitrogens with two attached hydrogens (primary N) is 1. The number of carbonyl (C=O) groups excluding carboxylic acids is 1. The van der Waals surface area contributed by atoms with Crippen molar-refractivity contribution in [3.63, 3.8) is 0 Å². The number of carbonyl (C=O) groups is 1. The Morgan fingerprint density at radius 1 is 1.60 bits per heavy atom. The molecule has 0 fully saturated rings. The third-order valence-electron chi connectivity index (χ3n) is 1.88. The van der Waals surface area contributed by atoms with Gasteiger partial charge in [-0.05, 0) is 41.1 Å². The van der Waals surface area contributed by atoms with Crippen LogP contribution >= 0.6 is 27.7 Å². The number of thioether (sulfide) groups is 1. The summed E-state index contributed by atoms with van der Waals surface area (Å²) in [6, 6.07) is 5.56. The Hall–Kier alpha value is -0.680. The molecule has 1 aromatic rings. The molecule has 0 bridgehead atoms. The first-order valence-corrected chi connectivity index (χ1v) is 6.15. The van der Waals surface area contributed by atoms with Gasteiger partial charge in [-0.25, -0.2) is 0 Å². The van der Waals surface area contributed by atoms with Crippen molar-refractivity contribution in [1.82, 2.24) is 5.32 Å². The smallest absolute Gasteiger partial charge is 0.232 e. The number of anilines is 1. The molecule has 1 rings (SSSR count). The van der Waals surface area contributed by atoms with Gasteiger partial charge in [-0.15, -0.1) is 11.8 Å². The van der Waals surface area contributed by atoms with Crippen LogP contribution in [0, 0.1) is 0 Å². The van der Waals surface area contributed by atoms with Crippen LogP contribution in [0.3, 0.4) is 0 Å². The summed E-state index contributed by atoms with van der Waals surface area (Å²) < 4.78 is 0.920. The molecule has 0 aliphatic rings. The van der Waals surface area contributed by atoms with Crippen molar-refractivity contribution in [2.75, 3.05) is 12.8 Å². The van der Waals surface area contributed by atoms with E-state index in [2.05, 4.69) is 21.2 Å². The number of amides is 1. The van der Waals surface area contributed by atoms with Crippen molar-refractivity contribution >= 4 is 39.3 Å². The molecule has 82 valence electrons. The fourth-order valence-corrected chi connectivity index (χ4v) is 2.66. The zero-order valence-electron chi connectivity index (χ0n) is 8.58. The van der Waals surface area contributed by atoms with Gasteiger partial charge in [0.25, 0.3) is 0 Å². The van der Waals surface area contributed by atoms with E-state index in [9.17, 15) is 4.79 Å². The molecule has 1 aromatic carbocycles. The third-order valence-corrected chi connectivity index (χ3v) is 3.97. The van der Waals surface area contributed by atoms with Gasteiger partial charge in [-0.1, -0.05) is 0 Å². The standard InChI is InChI=1S/C10H13BrN2OS/c1-6(10(14)13-2)15-9-4-3-7(12)5-8(9)11/h3-6H,12H2,1-2H3,(H,13,14). The molecule has 5 heteroatoms. The maximum atomic E-state index is 11.3. The van der Waals surface area contributed by atoms with Crippen LogP contribution < -0.4 is 11.1 Å². The summed E-state index contributed by atoms with van der Waals surface area (Å²) in [5.41, 5.74) is 6.33. The number of nitrogens with one attached hydrogen (secondary N) is 1. The van der Waals surface area contributed by atoms with E-state index in [1.54, 1.807) is 7.05 Å². The molecule has 0 saturated carbocycles. The Morgan fingerprint density at radius 3 is 2.80 bits per heavy atom. The van der Waals surface area contributed by atoms with Gasteiger partial charge in [0.1, 0.15) is 0 Å². The second kappa shape index (κ2) is 5.42. The molecule has 0 aliphatic heterocycles. The van der Waals surface area contributed by atoms with Gasteiger partial charge in [0.05, 0.1) is 5.25 Å². The van der Waals surface area contributed by atoms with Crippen LogP contribution in [-0.4, -0.2) is 18.2 Å². The van der Waals surface area contributed by atoms with Crippen LogP contribution in [0.25, 0.3) is 0 Å². The summed E-state index contributed by atoms with van der Waals surface area (Å²) in [6.07, 6.45) is 0. The fourth-order valence-electron chi connectivity index (χ4n) is 1.06. The van der Waals surface area contributed by atoms with E-state index >= 15 is 0 Å². The maximum absolute atomic E-state index is 11.3. The number of rotatable bonds is 3. The summed E-state index contributed by atoms with van der Waals surface area (Å²) in [7, 11) is 1.64. The van der Waals surface area contributed by atoms with Gasteiger partial charge in [-0.3, -0.25) is 4.79 Å². The van der Waals surface area contributed by atoms with Gasteiger partial charge in [0, 0.05) is 22.1 Å². The highest BCUT2D eigenvalue weighted by molar-refractivity contribution is 9.10. The van der Waals surface area contributed by atoms with E-state index < -0.39 is 0 Å². The first-order valence-electron chi connectivity index (χ1n) is 4.48. The topological polar surface area (TPSA) is 55.1 Å². The molecule has 1 atom stereocenters. The molecule has 3 N–H and O–H groups in total. The van der Waals surface area contributed by atoms with Crippen molar-refractivity contribution in [3.8, 4) is 0 Å². The second-order valence-corrected chi connectivity index (χ2v) is 5.30. The van der Waals surface area contributed by atoms with Crippen molar-refractivity contribution in [2.24, 2.45) is 0 Å². The largest absolute Gasteiger partial charge is 0.399 e. The Balaban J connectivity index is 2.76. The van der Waals surface area contributed by atoms with Gasteiger partial charge in [0.15, 0.2) is 0 Å². The predicted octanol–water partition coefficient (Wildman–Crippen LogP) is 2.26. The first kappa shape index (κ1) is 12.4. The van der Waals surface area contributed by atoms with E-state index in [1.165, 1.54) is 11.8 Å². The Labute approximate surface area is 102 Å². The summed E-state index contributed by atoms with van der Waals surface area (Å²) in [6.45, 7) is 1.87. The summed E-state index contributed by atoms with van der Waals surface area (Å²) in [5, 5.41) is 2.50. The zero-order valence-corrected chi connectivity index (χ0v) is 11.0. The zero-order chi connectivity index (χ0) is 11.4. The molecule has 0 aliphatic carbocycles. The highest BCUT2D eigenvalue weighted by atomic mass is 79.9. The highest BCUT2D eigenvalue weighted by Gasteiger charge is 2.13. The molecule has 1 unspecified atom stereocenters. The highest BCUT2D eigenvalue weighted by Crippen LogP contribution is 2.31. The molecule has 0 spiro atoms. The van der Waals surface area contributed by atoms with Crippen LogP contribution in [0.2, 0.25) is 0 Å². The van der Waals surface area contributed by atoms with E-state index in [1.807, 2.05) is 25.1 Å². The Kier molecular flexibility index (Phi) is 4.47. The Bertz CT molecular complexity index is 370. The van der Waals surface area contributed by atoms with Crippen molar-refractivity contribution in [2.45, 2.75) is 17.1 Å². The molecule has 0 radical (unpaired) electrons. The lowest BCUT2D eigenvalue weighted by molar-refractivity contribution is -0.119. The molecular formula is C10H13BrN2OS. The predicted molar refractivity (Wildman–Crippen MR) is 67.9 cm³/mol. The lowest BCUT2D eigenvalue weighted by atomic mass is 10.3. The summed E-state index contributed by atoms with van der Waals surface area (Å²) in [5.74, 6) is 0.0173. The first-order chi connectivity index (χ1) is 7.04. The van der Waals surface area contributed by atoms with Crippen molar-refractivity contribution < 1.29 is 4.79 Å². The summed E-state index contributed by atoms with van der Waals surface area (Å²) in [4.78, 5) is 12.3. The van der Waals surface area contributed by atoms with E-state index in [4.69, 9.17) is 5.73 Å². The Morgan fingerprint density at radius 2 is 2.27 bits per heavy atom. The number of nitrogen functional groups attached to an aromatic ring is 1. The van der Waals surface area contributed by atoms with Gasteiger partial charge >= 0.3 is 0 Å². The lowest BCUT2D eigenvalue weighted by Gasteiger charge is -2.11. The number of hydrogen-bond donors (Lipinski definition) is 2. The van der Waals surface area contributed by atoms with Crippen LogP contribution in [0.4, 0.5) is 5.69 Å². The average molecular weight is 289 g/mol. The summed E-state index contributed by atoms with van der Waals surface area (Å²) >= 11 is 4.91. The third kappa shape index (κ3) is 3.43. The molecule has 3 nitrogen and oxygen atoms in total. The minimum Gasteiger partial charge on any atom is -0.399 e. The van der Waals surface area contributed by atoms with Crippen LogP contribution in [-0.2, 0) is 4.79 Å². The van der Waals surface area contributed by atoms with Crippen LogP contribution in [0.15, 0.2) is 27.6 Å². The van der Waals surface area contributed by atoms with Gasteiger partial charge in [0.2, 0.25) is 5.91 Å². The molecule has 0 aromatic heterocycles. The molecule has 15 heavy (non-hydrogen) atoms. The maximum Gasteiger partial charge on any atom is 0.232 e. The van der Waals surface area contributed by atoms with E-state index in [0.29, 0.717) is 5.69 Å². The van der Waals surface area contributed by atoms with Gasteiger partial charge in [-0.2, -0.15) is 0 Å². The van der Waals surface area contributed by atoms with Gasteiger partial charge < -0.3 is 11.1 Å². The molecular weight excluding hydrogens is 276 g/mol. The molecule has 0 saturated heterocycles. The molecule has 1 amide bonds. The van der Waals surface area contributed by atoms with Crippen LogP contribution in [0.1, 0.15) is 6.92 Å². The number of hydrogen-bond acceptors (Lipinski definition) is 3. The number of benzene rings is 1. The van der Waals surface area contributed by atoms with Crippen molar-refractivity contribution in [1.29, 1.82) is 0 Å². The normalized spacial score (nSPS) is 12.2. The average Bonchev–Trinajstić information content (AvgIpc) is 2.20. The minimum atomic E-state index is -0.116. The van der Waals surface area contributed by atoms with E-state index in [-0.39, 0.29) is 11.2 Å². The lowest BCUT2D eigenvalue weighted by Crippen LogP contribution is -2.27. The number of halogens is 1. The van der Waals surface area contributed by atoms with Crippen LogP contribution in [0.5, 0.6) is 0 Å².